The van der Waals surface area contributed by atoms with Crippen LogP contribution < -0.4 is 0 Å². The molecule has 4 bridgehead atoms. The Morgan fingerprint density at radius 1 is 1.21 bits per heavy atom. The Morgan fingerprint density at radius 2 is 1.96 bits per heavy atom. The van der Waals surface area contributed by atoms with Gasteiger partial charge in [0, 0.05) is 20.8 Å². The molecule has 3 fully saturated rings. The van der Waals surface area contributed by atoms with Crippen molar-refractivity contribution in [1.82, 2.24) is 0 Å². The van der Waals surface area contributed by atoms with Crippen LogP contribution in [0.1, 0.15) is 26.2 Å². The third kappa shape index (κ3) is 3.10. The summed E-state index contributed by atoms with van der Waals surface area (Å²) in [4.78, 5) is 12.1. The molecule has 0 aliphatic heterocycles. The number of carboxylic acid groups (broad SMARTS) is 1. The van der Waals surface area contributed by atoms with Crippen LogP contribution in [0.15, 0.2) is 11.6 Å². The molecule has 4 aliphatic rings. The molecule has 7 heteroatoms. The maximum absolute atomic E-state index is 12.1. The van der Waals surface area contributed by atoms with Crippen molar-refractivity contribution >= 4 is 14.5 Å². The summed E-state index contributed by atoms with van der Waals surface area (Å²) in [5.41, 5.74) is 1.54. The van der Waals surface area contributed by atoms with Gasteiger partial charge in [-0.3, -0.25) is 4.79 Å². The number of aliphatic hydroxyl groups is 1. The van der Waals surface area contributed by atoms with E-state index in [-0.39, 0.29) is 18.1 Å². The molecular formula is C21H34O6Si. The summed E-state index contributed by atoms with van der Waals surface area (Å²) in [7, 11) is 0.667. The zero-order valence-corrected chi connectivity index (χ0v) is 18.2. The largest absolute Gasteiger partial charge is 0.481 e. The number of aliphatic hydroxyl groups excluding tert-OH is 1. The highest BCUT2D eigenvalue weighted by atomic mass is 28.4. The first kappa shape index (κ1) is 20.5. The van der Waals surface area contributed by atoms with Crippen molar-refractivity contribution in [2.75, 3.05) is 33.7 Å². The van der Waals surface area contributed by atoms with Crippen LogP contribution in [0.2, 0.25) is 6.04 Å². The molecular weight excluding hydrogens is 376 g/mol. The fourth-order valence-corrected chi connectivity index (χ4v) is 8.96. The highest BCUT2D eigenvalue weighted by Gasteiger charge is 2.66. The SMILES string of the molecule is CO[Si](CO)(CCCOCC1C2CC(C1C(=O)O)C1C3C=C(C)C(C3)C21)OC. The monoisotopic (exact) mass is 410 g/mol. The number of aliphatic carboxylic acids is 1. The molecule has 0 saturated heterocycles. The highest BCUT2D eigenvalue weighted by Crippen LogP contribution is 2.69. The lowest BCUT2D eigenvalue weighted by Gasteiger charge is -2.41. The second-order valence-corrected chi connectivity index (χ2v) is 12.8. The second kappa shape index (κ2) is 7.83. The average Bonchev–Trinajstić information content (AvgIpc) is 3.42. The summed E-state index contributed by atoms with van der Waals surface area (Å²) >= 11 is 0. The third-order valence-corrected chi connectivity index (χ3v) is 11.5. The van der Waals surface area contributed by atoms with Crippen molar-refractivity contribution in [2.24, 2.45) is 47.3 Å². The Morgan fingerprint density at radius 3 is 2.61 bits per heavy atom. The van der Waals surface area contributed by atoms with E-state index in [1.807, 2.05) is 0 Å². The van der Waals surface area contributed by atoms with Crippen LogP contribution in [0.5, 0.6) is 0 Å². The molecule has 8 atom stereocenters. The first-order chi connectivity index (χ1) is 13.5. The number of carboxylic acids is 1. The lowest BCUT2D eigenvalue weighted by Crippen LogP contribution is -2.45. The molecule has 0 spiro atoms. The molecule has 0 aromatic rings. The molecule has 8 unspecified atom stereocenters. The third-order valence-electron chi connectivity index (χ3n) is 8.42. The van der Waals surface area contributed by atoms with E-state index in [9.17, 15) is 15.0 Å². The minimum Gasteiger partial charge on any atom is -0.481 e. The Labute approximate surface area is 168 Å². The van der Waals surface area contributed by atoms with Crippen LogP contribution in [-0.2, 0) is 18.4 Å². The standard InChI is InChI=1S/C21H34O6Si/c1-12-7-13-8-14(12)19-15-9-16(18(13)19)20(21(23)24)17(15)10-27-5-4-6-28(11-22,25-2)26-3/h7,13-20,22H,4-6,8-11H2,1-3H3,(H,23,24). The number of allylic oxidation sites excluding steroid dienone is 2. The molecule has 28 heavy (non-hydrogen) atoms. The molecule has 0 heterocycles. The number of hydrogen-bond acceptors (Lipinski definition) is 5. The number of ether oxygens (including phenoxy) is 1. The van der Waals surface area contributed by atoms with Crippen molar-refractivity contribution in [3.8, 4) is 0 Å². The first-order valence-electron chi connectivity index (χ1n) is 10.7. The summed E-state index contributed by atoms with van der Waals surface area (Å²) in [6.45, 7) is 3.35. The van der Waals surface area contributed by atoms with Gasteiger partial charge >= 0.3 is 14.5 Å². The van der Waals surface area contributed by atoms with Crippen LogP contribution in [0.25, 0.3) is 0 Å². The van der Waals surface area contributed by atoms with Gasteiger partial charge in [-0.25, -0.2) is 0 Å². The Kier molecular flexibility index (Phi) is 5.75. The minimum absolute atomic E-state index is 0.0635. The number of fused-ring (bicyclic) bond motifs is 9. The number of hydrogen-bond donors (Lipinski definition) is 2. The molecule has 4 aliphatic carbocycles. The van der Waals surface area contributed by atoms with Crippen LogP contribution in [0, 0.1) is 47.3 Å². The van der Waals surface area contributed by atoms with Gasteiger partial charge in [0.25, 0.3) is 0 Å². The number of carbonyl (C=O) groups is 1. The predicted molar refractivity (Wildman–Crippen MR) is 106 cm³/mol. The van der Waals surface area contributed by atoms with E-state index in [4.69, 9.17) is 13.6 Å². The Balaban J connectivity index is 1.35. The fourth-order valence-electron chi connectivity index (χ4n) is 7.29. The minimum atomic E-state index is -2.50. The van der Waals surface area contributed by atoms with E-state index in [0.29, 0.717) is 54.8 Å². The van der Waals surface area contributed by atoms with Gasteiger partial charge in [-0.05, 0) is 73.7 Å². The van der Waals surface area contributed by atoms with Crippen molar-refractivity contribution in [1.29, 1.82) is 0 Å². The van der Waals surface area contributed by atoms with Crippen LogP contribution in [-0.4, -0.2) is 58.4 Å². The molecule has 158 valence electrons. The maximum atomic E-state index is 12.1. The molecule has 0 aromatic heterocycles. The molecule has 0 amide bonds. The summed E-state index contributed by atoms with van der Waals surface area (Å²) in [5.74, 6) is 2.67. The first-order valence-corrected chi connectivity index (χ1v) is 12.9. The zero-order chi connectivity index (χ0) is 20.1. The summed E-state index contributed by atoms with van der Waals surface area (Å²) in [6, 6.07) is 0.675. The van der Waals surface area contributed by atoms with E-state index in [2.05, 4.69) is 13.0 Å². The van der Waals surface area contributed by atoms with Crippen LogP contribution in [0.4, 0.5) is 0 Å². The van der Waals surface area contributed by atoms with Gasteiger partial charge in [0.1, 0.15) is 0 Å². The van der Waals surface area contributed by atoms with Gasteiger partial charge in [0.2, 0.25) is 0 Å². The predicted octanol–water partition coefficient (Wildman–Crippen LogP) is 2.45. The van der Waals surface area contributed by atoms with Crippen LogP contribution >= 0.6 is 0 Å². The van der Waals surface area contributed by atoms with Gasteiger partial charge in [0.05, 0.1) is 18.8 Å². The van der Waals surface area contributed by atoms with Crippen molar-refractivity contribution in [3.63, 3.8) is 0 Å². The van der Waals surface area contributed by atoms with Crippen molar-refractivity contribution in [3.05, 3.63) is 11.6 Å². The van der Waals surface area contributed by atoms with Gasteiger partial charge in [-0.2, -0.15) is 0 Å². The van der Waals surface area contributed by atoms with Crippen molar-refractivity contribution < 1.29 is 28.6 Å². The molecule has 2 N–H and O–H groups in total. The molecule has 4 rings (SSSR count). The maximum Gasteiger partial charge on any atom is 0.364 e. The van der Waals surface area contributed by atoms with E-state index >= 15 is 0 Å². The van der Waals surface area contributed by atoms with E-state index in [0.717, 1.165) is 12.8 Å². The fraction of sp³-hybridized carbons (Fsp3) is 0.857. The highest BCUT2D eigenvalue weighted by molar-refractivity contribution is 6.67. The Hall–Kier alpha value is -0.733. The zero-order valence-electron chi connectivity index (χ0n) is 17.2. The summed E-state index contributed by atoms with van der Waals surface area (Å²) in [5, 5.41) is 19.5. The lowest BCUT2D eigenvalue weighted by atomic mass is 9.64. The molecule has 0 radical (unpaired) electrons. The van der Waals surface area contributed by atoms with Gasteiger partial charge in [0.15, 0.2) is 0 Å². The smallest absolute Gasteiger partial charge is 0.364 e. The normalized spacial score (nSPS) is 40.8. The molecule has 0 aromatic carbocycles. The van der Waals surface area contributed by atoms with E-state index in [1.54, 1.807) is 14.2 Å². The van der Waals surface area contributed by atoms with E-state index in [1.165, 1.54) is 12.0 Å². The van der Waals surface area contributed by atoms with E-state index < -0.39 is 14.5 Å². The lowest BCUT2D eigenvalue weighted by molar-refractivity contribution is -0.149. The topological polar surface area (TPSA) is 85.2 Å². The second-order valence-electron chi connectivity index (χ2n) is 9.32. The average molecular weight is 411 g/mol. The van der Waals surface area contributed by atoms with Crippen molar-refractivity contribution in [2.45, 2.75) is 32.2 Å². The van der Waals surface area contributed by atoms with Crippen LogP contribution in [0.3, 0.4) is 0 Å². The van der Waals surface area contributed by atoms with Gasteiger partial charge in [-0.1, -0.05) is 11.6 Å². The quantitative estimate of drug-likeness (QED) is 0.249. The van der Waals surface area contributed by atoms with Gasteiger partial charge < -0.3 is 23.8 Å². The molecule has 6 nitrogen and oxygen atoms in total. The van der Waals surface area contributed by atoms with Gasteiger partial charge in [-0.15, -0.1) is 0 Å². The number of rotatable bonds is 10. The summed E-state index contributed by atoms with van der Waals surface area (Å²) in [6.07, 6.45) is 5.44. The Bertz CT molecular complexity index is 624. The summed E-state index contributed by atoms with van der Waals surface area (Å²) < 4.78 is 16.8. The molecule has 3 saturated carbocycles.